The molecule has 0 amide bonds. The highest BCUT2D eigenvalue weighted by molar-refractivity contribution is 5.82. The Labute approximate surface area is 198 Å². The van der Waals surface area contributed by atoms with Crippen LogP contribution in [0.25, 0.3) is 10.9 Å². The maximum Gasteiger partial charge on any atom is 0.119 e. The molecule has 1 unspecified atom stereocenters. The number of aromatic amines is 1. The normalized spacial score (nSPS) is 19.9. The number of nitrogens with one attached hydrogen (secondary N) is 1. The molecule has 0 saturated carbocycles. The van der Waals surface area contributed by atoms with Crippen LogP contribution < -0.4 is 0 Å². The van der Waals surface area contributed by atoms with Crippen LogP contribution in [-0.2, 0) is 19.4 Å². The zero-order chi connectivity index (χ0) is 22.6. The lowest BCUT2D eigenvalue weighted by Gasteiger charge is -2.39. The number of hydrogen-bond acceptors (Lipinski definition) is 4. The first-order valence-electron chi connectivity index (χ1n) is 12.7. The number of rotatable bonds is 8. The molecule has 0 radical (unpaired) electrons. The van der Waals surface area contributed by atoms with Gasteiger partial charge in [-0.1, -0.05) is 37.3 Å². The van der Waals surface area contributed by atoms with Crippen molar-refractivity contribution in [2.45, 2.75) is 45.2 Å². The van der Waals surface area contributed by atoms with Gasteiger partial charge in [0.15, 0.2) is 0 Å². The van der Waals surface area contributed by atoms with Crippen LogP contribution in [0.5, 0.6) is 5.75 Å². The predicted molar refractivity (Wildman–Crippen MR) is 136 cm³/mol. The third kappa shape index (κ3) is 5.11. The summed E-state index contributed by atoms with van der Waals surface area (Å²) in [7, 11) is 0. The summed E-state index contributed by atoms with van der Waals surface area (Å²) in [6, 6.07) is 15.3. The minimum atomic E-state index is 0.485. The maximum atomic E-state index is 10.2. The topological polar surface area (TPSA) is 45.7 Å². The van der Waals surface area contributed by atoms with E-state index in [4.69, 9.17) is 0 Å². The Morgan fingerprint density at radius 3 is 2.67 bits per heavy atom. The predicted octanol–water partition coefficient (Wildman–Crippen LogP) is 4.26. The Bertz CT molecular complexity index is 1050. The molecule has 1 aliphatic heterocycles. The second-order valence-electron chi connectivity index (χ2n) is 9.82. The summed E-state index contributed by atoms with van der Waals surface area (Å²) in [4.78, 5) is 11.4. The lowest BCUT2D eigenvalue weighted by atomic mass is 9.87. The number of phenolic OH excluding ortho intramolecular Hbond substituents is 1. The van der Waals surface area contributed by atoms with E-state index in [-0.39, 0.29) is 0 Å². The quantitative estimate of drug-likeness (QED) is 0.543. The van der Waals surface area contributed by atoms with Gasteiger partial charge in [0.05, 0.1) is 0 Å². The number of aromatic hydroxyl groups is 1. The summed E-state index contributed by atoms with van der Waals surface area (Å²) in [6.45, 7) is 11.4. The second kappa shape index (κ2) is 10.3. The number of aromatic nitrogens is 1. The zero-order valence-corrected chi connectivity index (χ0v) is 20.0. The molecule has 5 heteroatoms. The van der Waals surface area contributed by atoms with Crippen molar-refractivity contribution in [3.63, 3.8) is 0 Å². The number of H-pyrrole nitrogens is 1. The molecule has 1 aliphatic carbocycles. The van der Waals surface area contributed by atoms with Crippen LogP contribution in [0.3, 0.4) is 0 Å². The van der Waals surface area contributed by atoms with E-state index in [1.54, 1.807) is 0 Å². The lowest BCUT2D eigenvalue weighted by molar-refractivity contribution is 0.100. The molecule has 0 bridgehead atoms. The van der Waals surface area contributed by atoms with E-state index in [9.17, 15) is 5.11 Å². The van der Waals surface area contributed by atoms with Crippen molar-refractivity contribution in [1.82, 2.24) is 19.7 Å². The molecule has 1 atom stereocenters. The first-order chi connectivity index (χ1) is 16.2. The number of nitrogens with zero attached hydrogens (tertiary/aromatic N) is 3. The molecule has 5 nitrogen and oxygen atoms in total. The maximum absolute atomic E-state index is 10.2. The van der Waals surface area contributed by atoms with Gasteiger partial charge < -0.3 is 10.1 Å². The summed E-state index contributed by atoms with van der Waals surface area (Å²) in [5.74, 6) is 0.485. The Morgan fingerprint density at radius 2 is 1.82 bits per heavy atom. The molecule has 33 heavy (non-hydrogen) atoms. The summed E-state index contributed by atoms with van der Waals surface area (Å²) < 4.78 is 0. The SMILES string of the molecule is CCCN(CCN1CCN(Cc2c[nH]c3ccccc23)CC1)C1CCc2c(O)cccc2C1. The molecule has 5 rings (SSSR count). The van der Waals surface area contributed by atoms with Gasteiger partial charge >= 0.3 is 0 Å². The van der Waals surface area contributed by atoms with Crippen LogP contribution in [0.4, 0.5) is 0 Å². The van der Waals surface area contributed by atoms with Crippen molar-refractivity contribution in [2.75, 3.05) is 45.8 Å². The van der Waals surface area contributed by atoms with Gasteiger partial charge in [-0.05, 0) is 61.1 Å². The third-order valence-corrected chi connectivity index (χ3v) is 7.70. The monoisotopic (exact) mass is 446 g/mol. The molecule has 2 N–H and O–H groups in total. The van der Waals surface area contributed by atoms with Gasteiger partial charge in [0.2, 0.25) is 0 Å². The Kier molecular flexibility index (Phi) is 7.00. The first-order valence-corrected chi connectivity index (χ1v) is 12.7. The molecule has 176 valence electrons. The fourth-order valence-electron chi connectivity index (χ4n) is 5.79. The van der Waals surface area contributed by atoms with Crippen LogP contribution in [0.2, 0.25) is 0 Å². The van der Waals surface area contributed by atoms with Crippen LogP contribution in [0.15, 0.2) is 48.7 Å². The summed E-state index contributed by atoms with van der Waals surface area (Å²) in [5, 5.41) is 11.5. The van der Waals surface area contributed by atoms with Crippen LogP contribution in [0, 0.1) is 0 Å². The third-order valence-electron chi connectivity index (χ3n) is 7.70. The van der Waals surface area contributed by atoms with Crippen molar-refractivity contribution in [3.05, 3.63) is 65.4 Å². The van der Waals surface area contributed by atoms with Crippen LogP contribution >= 0.6 is 0 Å². The number of hydrogen-bond donors (Lipinski definition) is 2. The molecule has 2 aromatic carbocycles. The van der Waals surface area contributed by atoms with E-state index in [0.717, 1.165) is 65.1 Å². The fraction of sp³-hybridized carbons (Fsp3) is 0.500. The largest absolute Gasteiger partial charge is 0.508 e. The highest BCUT2D eigenvalue weighted by atomic mass is 16.3. The van der Waals surface area contributed by atoms with Crippen LogP contribution in [-0.4, -0.2) is 76.6 Å². The van der Waals surface area contributed by atoms with Crippen molar-refractivity contribution in [1.29, 1.82) is 0 Å². The zero-order valence-electron chi connectivity index (χ0n) is 20.0. The molecule has 1 aromatic heterocycles. The molecule has 3 aromatic rings. The van der Waals surface area contributed by atoms with Crippen molar-refractivity contribution in [2.24, 2.45) is 0 Å². The Balaban J connectivity index is 1.12. The van der Waals surface area contributed by atoms with Gasteiger partial charge in [-0.3, -0.25) is 14.7 Å². The van der Waals surface area contributed by atoms with Crippen molar-refractivity contribution < 1.29 is 5.11 Å². The smallest absolute Gasteiger partial charge is 0.119 e. The second-order valence-corrected chi connectivity index (χ2v) is 9.82. The van der Waals surface area contributed by atoms with E-state index >= 15 is 0 Å². The van der Waals surface area contributed by atoms with Gasteiger partial charge in [0.25, 0.3) is 0 Å². The van der Waals surface area contributed by atoms with Gasteiger partial charge in [-0.15, -0.1) is 0 Å². The van der Waals surface area contributed by atoms with Crippen LogP contribution in [0.1, 0.15) is 36.5 Å². The number of fused-ring (bicyclic) bond motifs is 2. The number of para-hydroxylation sites is 1. The number of benzene rings is 2. The summed E-state index contributed by atoms with van der Waals surface area (Å²) >= 11 is 0. The number of phenols is 1. The summed E-state index contributed by atoms with van der Waals surface area (Å²) in [6.07, 6.45) is 6.61. The molecule has 2 aliphatic rings. The molecule has 1 fully saturated rings. The van der Waals surface area contributed by atoms with Gasteiger partial charge in [0.1, 0.15) is 5.75 Å². The average Bonchev–Trinajstić information content (AvgIpc) is 3.25. The summed E-state index contributed by atoms with van der Waals surface area (Å²) in [5.41, 5.74) is 5.18. The average molecular weight is 447 g/mol. The number of piperazine rings is 1. The first kappa shape index (κ1) is 22.5. The van der Waals surface area contributed by atoms with E-state index in [1.165, 1.54) is 40.6 Å². The van der Waals surface area contributed by atoms with E-state index < -0.39 is 0 Å². The molecular weight excluding hydrogens is 408 g/mol. The Morgan fingerprint density at radius 1 is 1.00 bits per heavy atom. The van der Waals surface area contributed by atoms with Gasteiger partial charge in [0, 0.05) is 69.0 Å². The minimum Gasteiger partial charge on any atom is -0.508 e. The van der Waals surface area contributed by atoms with E-state index in [1.807, 2.05) is 12.1 Å². The fourth-order valence-corrected chi connectivity index (χ4v) is 5.79. The molecular formula is C28H38N4O. The van der Waals surface area contributed by atoms with E-state index in [0.29, 0.717) is 11.8 Å². The Hall–Kier alpha value is -2.34. The minimum absolute atomic E-state index is 0.485. The lowest BCUT2D eigenvalue weighted by Crippen LogP contribution is -2.49. The highest BCUT2D eigenvalue weighted by Gasteiger charge is 2.26. The van der Waals surface area contributed by atoms with E-state index in [2.05, 4.69) is 63.1 Å². The molecule has 2 heterocycles. The van der Waals surface area contributed by atoms with Gasteiger partial charge in [-0.2, -0.15) is 0 Å². The molecule has 1 saturated heterocycles. The van der Waals surface area contributed by atoms with Crippen molar-refractivity contribution in [3.8, 4) is 5.75 Å². The molecule has 0 spiro atoms. The van der Waals surface area contributed by atoms with Crippen molar-refractivity contribution >= 4 is 10.9 Å². The van der Waals surface area contributed by atoms with Gasteiger partial charge in [-0.25, -0.2) is 0 Å². The highest BCUT2D eigenvalue weighted by Crippen LogP contribution is 2.30. The standard InChI is InChI=1S/C28H38N4O/c1-2-12-32(24-10-11-26-22(19-24)6-5-9-28(26)33)18-17-30-13-15-31(16-14-30)21-23-20-29-27-8-4-3-7-25(23)27/h3-9,20,24,29,33H,2,10-19,21H2,1H3.